The molecule has 3 rings (SSSR count). The Kier molecular flexibility index (Phi) is 8.80. The zero-order valence-electron chi connectivity index (χ0n) is 19.3. The smallest absolute Gasteiger partial charge is 0.307 e. The van der Waals surface area contributed by atoms with Gasteiger partial charge in [-0.05, 0) is 36.1 Å². The number of benzene rings is 3. The summed E-state index contributed by atoms with van der Waals surface area (Å²) in [4.78, 5) is 25.7. The van der Waals surface area contributed by atoms with Gasteiger partial charge in [-0.3, -0.25) is 15.0 Å². The fourth-order valence-electron chi connectivity index (χ4n) is 3.72. The molecular formula is C27H28N2O5S. The number of carboxylic acids is 1. The van der Waals surface area contributed by atoms with Gasteiger partial charge in [0.05, 0.1) is 23.8 Å². The highest BCUT2D eigenvalue weighted by Gasteiger charge is 2.35. The minimum Gasteiger partial charge on any atom is -0.481 e. The van der Waals surface area contributed by atoms with Gasteiger partial charge in [0.1, 0.15) is 0 Å². The van der Waals surface area contributed by atoms with Crippen LogP contribution in [-0.2, 0) is 26.0 Å². The number of anilines is 1. The van der Waals surface area contributed by atoms with E-state index in [9.17, 15) is 23.1 Å². The molecule has 0 aliphatic rings. The van der Waals surface area contributed by atoms with Gasteiger partial charge >= 0.3 is 5.97 Å². The molecule has 2 atom stereocenters. The average Bonchev–Trinajstić information content (AvgIpc) is 2.85. The molecular weight excluding hydrogens is 464 g/mol. The summed E-state index contributed by atoms with van der Waals surface area (Å²) in [7, 11) is -3.88. The van der Waals surface area contributed by atoms with Gasteiger partial charge in [-0.25, -0.2) is 8.42 Å². The highest BCUT2D eigenvalue weighted by molar-refractivity contribution is 7.92. The molecule has 8 heteroatoms. The number of nitrogens with one attached hydrogen (secondary N) is 1. The van der Waals surface area contributed by atoms with Crippen LogP contribution in [-0.4, -0.2) is 31.7 Å². The molecule has 0 aliphatic heterocycles. The maximum Gasteiger partial charge on any atom is 0.307 e. The zero-order valence-corrected chi connectivity index (χ0v) is 20.1. The predicted molar refractivity (Wildman–Crippen MR) is 137 cm³/mol. The number of carbonyl (C=O) groups is 2. The average molecular weight is 493 g/mol. The Morgan fingerprint density at radius 3 is 1.97 bits per heavy atom. The van der Waals surface area contributed by atoms with E-state index in [-0.39, 0.29) is 18.5 Å². The molecule has 1 amide bonds. The van der Waals surface area contributed by atoms with Crippen molar-refractivity contribution in [3.05, 3.63) is 108 Å². The van der Waals surface area contributed by atoms with E-state index in [2.05, 4.69) is 5.43 Å². The van der Waals surface area contributed by atoms with Crippen molar-refractivity contribution in [2.45, 2.75) is 12.8 Å². The number of hydrogen-bond donors (Lipinski definition) is 2. The monoisotopic (exact) mass is 492 g/mol. The Labute approximate surface area is 205 Å². The maximum atomic E-state index is 13.5. The number of allylic oxidation sites excluding steroid dienone is 1. The first-order chi connectivity index (χ1) is 16.8. The Hall–Kier alpha value is -3.91. The van der Waals surface area contributed by atoms with Crippen LogP contribution in [0, 0.1) is 11.8 Å². The van der Waals surface area contributed by atoms with Crippen molar-refractivity contribution in [1.82, 2.24) is 5.43 Å². The second kappa shape index (κ2) is 12.0. The van der Waals surface area contributed by atoms with E-state index in [4.69, 9.17) is 0 Å². The van der Waals surface area contributed by atoms with Crippen molar-refractivity contribution in [2.24, 2.45) is 11.8 Å². The van der Waals surface area contributed by atoms with E-state index in [0.717, 1.165) is 21.8 Å². The summed E-state index contributed by atoms with van der Waals surface area (Å²) < 4.78 is 25.7. The molecule has 0 spiro atoms. The van der Waals surface area contributed by atoms with Gasteiger partial charge in [0, 0.05) is 0 Å². The van der Waals surface area contributed by atoms with Crippen molar-refractivity contribution >= 4 is 33.7 Å². The highest BCUT2D eigenvalue weighted by atomic mass is 32.2. The van der Waals surface area contributed by atoms with Crippen molar-refractivity contribution in [1.29, 1.82) is 0 Å². The number of rotatable bonds is 11. The van der Waals surface area contributed by atoms with Crippen molar-refractivity contribution in [2.75, 3.05) is 10.7 Å². The van der Waals surface area contributed by atoms with Gasteiger partial charge in [-0.1, -0.05) is 91.0 Å². The molecule has 7 nitrogen and oxygen atoms in total. The van der Waals surface area contributed by atoms with Crippen LogP contribution in [0.15, 0.2) is 97.1 Å². The summed E-state index contributed by atoms with van der Waals surface area (Å²) in [6.45, 7) is 0. The quantitative estimate of drug-likeness (QED) is 0.392. The van der Waals surface area contributed by atoms with Crippen molar-refractivity contribution in [3.8, 4) is 0 Å². The Bertz CT molecular complexity index is 1250. The van der Waals surface area contributed by atoms with E-state index in [1.807, 2.05) is 60.7 Å². The minimum absolute atomic E-state index is 0.0966. The third-order valence-electron chi connectivity index (χ3n) is 5.47. The number of para-hydroxylation sites is 1. The summed E-state index contributed by atoms with van der Waals surface area (Å²) in [6, 6.07) is 26.6. The van der Waals surface area contributed by atoms with E-state index in [1.54, 1.807) is 42.5 Å². The lowest BCUT2D eigenvalue weighted by atomic mass is 9.83. The molecule has 182 valence electrons. The maximum absolute atomic E-state index is 13.5. The molecule has 0 heterocycles. The predicted octanol–water partition coefficient (Wildman–Crippen LogP) is 4.15. The Morgan fingerprint density at radius 1 is 0.886 bits per heavy atom. The standard InChI is InChI=1S/C27H28N2O5S/c1-35(33,34)29(23-17-9-4-10-18-23)28-26(30)25(20-22-14-7-3-8-15-22)24(27(31)32)19-11-16-21-12-5-2-6-13-21/h2-18,24-25H,19-20H2,1H3,(H,28,30)(H,31,32)/b16-11+/t24-,25+/m0/s1. The molecule has 0 radical (unpaired) electrons. The number of sulfonamides is 1. The van der Waals surface area contributed by atoms with Crippen LogP contribution < -0.4 is 9.84 Å². The topological polar surface area (TPSA) is 104 Å². The number of nitrogens with zero attached hydrogens (tertiary/aromatic N) is 1. The molecule has 2 N–H and O–H groups in total. The molecule has 0 saturated carbocycles. The normalized spacial score (nSPS) is 13.2. The summed E-state index contributed by atoms with van der Waals surface area (Å²) in [5.41, 5.74) is 4.39. The van der Waals surface area contributed by atoms with Gasteiger partial charge in [-0.15, -0.1) is 0 Å². The molecule has 3 aromatic rings. The molecule has 0 bridgehead atoms. The van der Waals surface area contributed by atoms with Crippen LogP contribution in [0.25, 0.3) is 6.08 Å². The zero-order chi connectivity index (χ0) is 25.3. The molecule has 3 aromatic carbocycles. The van der Waals surface area contributed by atoms with Gasteiger partial charge < -0.3 is 5.11 Å². The third-order valence-corrected chi connectivity index (χ3v) is 6.44. The number of hydrogen-bond acceptors (Lipinski definition) is 4. The summed E-state index contributed by atoms with van der Waals surface area (Å²) in [6.07, 6.45) is 4.74. The number of carbonyl (C=O) groups excluding carboxylic acids is 1. The third kappa shape index (κ3) is 7.55. The molecule has 0 saturated heterocycles. The van der Waals surface area contributed by atoms with Crippen LogP contribution >= 0.6 is 0 Å². The minimum atomic E-state index is -3.88. The number of hydrazine groups is 1. The molecule has 0 aliphatic carbocycles. The summed E-state index contributed by atoms with van der Waals surface area (Å²) >= 11 is 0. The van der Waals surface area contributed by atoms with Gasteiger partial charge in [-0.2, -0.15) is 4.41 Å². The van der Waals surface area contributed by atoms with E-state index < -0.39 is 33.7 Å². The van der Waals surface area contributed by atoms with Gasteiger partial charge in [0.25, 0.3) is 0 Å². The summed E-state index contributed by atoms with van der Waals surface area (Å²) in [5, 5.41) is 10.0. The fourth-order valence-corrected chi connectivity index (χ4v) is 4.48. The first-order valence-electron chi connectivity index (χ1n) is 11.1. The van der Waals surface area contributed by atoms with Crippen LogP contribution in [0.5, 0.6) is 0 Å². The summed E-state index contributed by atoms with van der Waals surface area (Å²) in [5.74, 6) is -3.93. The fraction of sp³-hybridized carbons (Fsp3) is 0.185. The van der Waals surface area contributed by atoms with E-state index in [1.165, 1.54) is 0 Å². The lowest BCUT2D eigenvalue weighted by Crippen LogP contribution is -2.50. The first kappa shape index (κ1) is 25.7. The molecule has 0 fully saturated rings. The number of carboxylic acid groups (broad SMARTS) is 1. The van der Waals surface area contributed by atoms with E-state index >= 15 is 0 Å². The lowest BCUT2D eigenvalue weighted by Gasteiger charge is -2.28. The van der Waals surface area contributed by atoms with Crippen LogP contribution in [0.3, 0.4) is 0 Å². The second-order valence-electron chi connectivity index (χ2n) is 8.13. The molecule has 0 unspecified atom stereocenters. The lowest BCUT2D eigenvalue weighted by molar-refractivity contribution is -0.147. The second-order valence-corrected chi connectivity index (χ2v) is 9.96. The van der Waals surface area contributed by atoms with E-state index in [0.29, 0.717) is 0 Å². The first-order valence-corrected chi connectivity index (χ1v) is 12.9. The van der Waals surface area contributed by atoms with Crippen molar-refractivity contribution in [3.63, 3.8) is 0 Å². The van der Waals surface area contributed by atoms with Gasteiger partial charge in [0.2, 0.25) is 15.9 Å². The van der Waals surface area contributed by atoms with Gasteiger partial charge in [0.15, 0.2) is 0 Å². The largest absolute Gasteiger partial charge is 0.481 e. The van der Waals surface area contributed by atoms with Crippen LogP contribution in [0.2, 0.25) is 0 Å². The number of amides is 1. The number of aliphatic carboxylic acids is 1. The Balaban J connectivity index is 1.91. The highest BCUT2D eigenvalue weighted by Crippen LogP contribution is 2.24. The van der Waals surface area contributed by atoms with Crippen LogP contribution in [0.1, 0.15) is 17.5 Å². The SMILES string of the molecule is CS(=O)(=O)N(NC(=O)[C@H](Cc1ccccc1)[C@H](C/C=C/c1ccccc1)C(=O)O)c1ccccc1. The van der Waals surface area contributed by atoms with Crippen molar-refractivity contribution < 1.29 is 23.1 Å². The molecule has 35 heavy (non-hydrogen) atoms. The Morgan fingerprint density at radius 2 is 1.43 bits per heavy atom. The van der Waals surface area contributed by atoms with Crippen LogP contribution in [0.4, 0.5) is 5.69 Å². The molecule has 0 aromatic heterocycles.